The van der Waals surface area contributed by atoms with Crippen LogP contribution >= 0.6 is 0 Å². The third-order valence-electron chi connectivity index (χ3n) is 4.41. The van der Waals surface area contributed by atoms with Crippen LogP contribution in [0.3, 0.4) is 0 Å². The van der Waals surface area contributed by atoms with Crippen molar-refractivity contribution in [1.29, 1.82) is 0 Å². The van der Waals surface area contributed by atoms with Crippen molar-refractivity contribution in [2.75, 3.05) is 26.9 Å². The van der Waals surface area contributed by atoms with Gasteiger partial charge in [0.05, 0.1) is 6.61 Å². The normalized spacial score (nSPS) is 21.0. The summed E-state index contributed by atoms with van der Waals surface area (Å²) in [6, 6.07) is 8.80. The number of hydrogen-bond acceptors (Lipinski definition) is 3. The molecule has 0 aromatic heterocycles. The summed E-state index contributed by atoms with van der Waals surface area (Å²) in [5.74, 6) is 1.68. The fraction of sp³-hybridized carbons (Fsp3) is 0.667. The van der Waals surface area contributed by atoms with E-state index in [0.29, 0.717) is 30.6 Å². The molecule has 1 saturated carbocycles. The number of nitrogens with one attached hydrogen (secondary N) is 1. The van der Waals surface area contributed by atoms with E-state index < -0.39 is 0 Å². The fourth-order valence-corrected chi connectivity index (χ4v) is 2.95. The van der Waals surface area contributed by atoms with E-state index in [2.05, 4.69) is 44.3 Å². The Hall–Kier alpha value is -1.06. The summed E-state index contributed by atoms with van der Waals surface area (Å²) in [7, 11) is 1.70. The number of ether oxygens (including phenoxy) is 2. The zero-order chi connectivity index (χ0) is 15.3. The van der Waals surface area contributed by atoms with Gasteiger partial charge in [-0.05, 0) is 36.8 Å². The second kappa shape index (κ2) is 7.28. The molecule has 1 N–H and O–H groups in total. The van der Waals surface area contributed by atoms with Crippen molar-refractivity contribution in [1.82, 2.24) is 5.32 Å². The highest BCUT2D eigenvalue weighted by molar-refractivity contribution is 5.37. The van der Waals surface area contributed by atoms with Crippen molar-refractivity contribution in [2.45, 2.75) is 39.7 Å². The molecule has 1 fully saturated rings. The molecule has 3 nitrogen and oxygen atoms in total. The summed E-state index contributed by atoms with van der Waals surface area (Å²) in [6.45, 7) is 9.19. The zero-order valence-electron chi connectivity index (χ0n) is 13.8. The Bertz CT molecular complexity index is 445. The molecule has 2 atom stereocenters. The maximum Gasteiger partial charge on any atom is 0.124 e. The van der Waals surface area contributed by atoms with Gasteiger partial charge in [-0.2, -0.15) is 0 Å². The van der Waals surface area contributed by atoms with Crippen molar-refractivity contribution in [3.8, 4) is 5.75 Å². The van der Waals surface area contributed by atoms with Crippen LogP contribution < -0.4 is 10.1 Å². The van der Waals surface area contributed by atoms with Crippen LogP contribution in [0.2, 0.25) is 0 Å². The summed E-state index contributed by atoms with van der Waals surface area (Å²) < 4.78 is 11.0. The fourth-order valence-electron chi connectivity index (χ4n) is 2.95. The highest BCUT2D eigenvalue weighted by Gasteiger charge is 2.50. The summed E-state index contributed by atoms with van der Waals surface area (Å²) in [5, 5.41) is 3.72. The van der Waals surface area contributed by atoms with Crippen LogP contribution in [-0.4, -0.2) is 26.9 Å². The molecular weight excluding hydrogens is 262 g/mol. The minimum absolute atomic E-state index is 0.388. The maximum atomic E-state index is 5.92. The van der Waals surface area contributed by atoms with Crippen molar-refractivity contribution in [2.24, 2.45) is 11.3 Å². The minimum Gasteiger partial charge on any atom is -0.491 e. The Morgan fingerprint density at radius 3 is 2.62 bits per heavy atom. The minimum atomic E-state index is 0.388. The van der Waals surface area contributed by atoms with Crippen molar-refractivity contribution in [3.63, 3.8) is 0 Å². The second-order valence-corrected chi connectivity index (χ2v) is 6.61. The van der Waals surface area contributed by atoms with E-state index in [9.17, 15) is 0 Å². The van der Waals surface area contributed by atoms with Gasteiger partial charge in [0.2, 0.25) is 0 Å². The van der Waals surface area contributed by atoms with E-state index in [1.54, 1.807) is 7.11 Å². The molecule has 118 valence electrons. The summed E-state index contributed by atoms with van der Waals surface area (Å²) in [5.41, 5.74) is 1.73. The standard InChI is InChI=1S/C18H29NO2/c1-5-10-19-17(15-13-18(15,2)3)14-8-6-7-9-16(14)21-12-11-20-4/h6-9,15,17,19H,5,10-13H2,1-4H3. The Morgan fingerprint density at radius 2 is 2.00 bits per heavy atom. The molecule has 1 aliphatic rings. The molecule has 21 heavy (non-hydrogen) atoms. The van der Waals surface area contributed by atoms with Gasteiger partial charge in [-0.25, -0.2) is 0 Å². The second-order valence-electron chi connectivity index (χ2n) is 6.61. The number of para-hydroxylation sites is 1. The summed E-state index contributed by atoms with van der Waals surface area (Å²) in [6.07, 6.45) is 2.43. The van der Waals surface area contributed by atoms with E-state index in [4.69, 9.17) is 9.47 Å². The van der Waals surface area contributed by atoms with Crippen LogP contribution in [0.5, 0.6) is 5.75 Å². The molecule has 1 aromatic carbocycles. The van der Waals surface area contributed by atoms with E-state index in [-0.39, 0.29) is 0 Å². The Kier molecular flexibility index (Phi) is 5.65. The molecule has 0 amide bonds. The highest BCUT2D eigenvalue weighted by atomic mass is 16.5. The molecule has 0 bridgehead atoms. The molecule has 1 aromatic rings. The first-order valence-electron chi connectivity index (χ1n) is 8.04. The van der Waals surface area contributed by atoms with Crippen LogP contribution in [0.25, 0.3) is 0 Å². The van der Waals surface area contributed by atoms with Crippen molar-refractivity contribution >= 4 is 0 Å². The third-order valence-corrected chi connectivity index (χ3v) is 4.41. The summed E-state index contributed by atoms with van der Waals surface area (Å²) in [4.78, 5) is 0. The molecule has 1 aliphatic carbocycles. The first-order valence-corrected chi connectivity index (χ1v) is 8.04. The van der Waals surface area contributed by atoms with Gasteiger partial charge >= 0.3 is 0 Å². The lowest BCUT2D eigenvalue weighted by molar-refractivity contribution is 0.145. The van der Waals surface area contributed by atoms with Gasteiger partial charge in [0.1, 0.15) is 12.4 Å². The van der Waals surface area contributed by atoms with Gasteiger partial charge in [0, 0.05) is 18.7 Å². The first kappa shape index (κ1) is 16.3. The van der Waals surface area contributed by atoms with Gasteiger partial charge in [-0.15, -0.1) is 0 Å². The van der Waals surface area contributed by atoms with Crippen LogP contribution in [0.1, 0.15) is 45.2 Å². The Labute approximate surface area is 129 Å². The molecule has 0 heterocycles. The molecule has 2 unspecified atom stereocenters. The number of rotatable bonds is 9. The molecule has 0 saturated heterocycles. The zero-order valence-corrected chi connectivity index (χ0v) is 13.8. The smallest absolute Gasteiger partial charge is 0.124 e. The largest absolute Gasteiger partial charge is 0.491 e. The van der Waals surface area contributed by atoms with E-state index in [1.165, 1.54) is 12.0 Å². The average molecular weight is 291 g/mol. The Balaban J connectivity index is 2.15. The quantitative estimate of drug-likeness (QED) is 0.702. The molecule has 0 aliphatic heterocycles. The van der Waals surface area contributed by atoms with Crippen LogP contribution in [0, 0.1) is 11.3 Å². The van der Waals surface area contributed by atoms with Gasteiger partial charge < -0.3 is 14.8 Å². The molecule has 0 spiro atoms. The van der Waals surface area contributed by atoms with Crippen LogP contribution in [0.4, 0.5) is 0 Å². The Morgan fingerprint density at radius 1 is 1.29 bits per heavy atom. The SMILES string of the molecule is CCCNC(c1ccccc1OCCOC)C1CC1(C)C. The monoisotopic (exact) mass is 291 g/mol. The maximum absolute atomic E-state index is 5.92. The average Bonchev–Trinajstić information content (AvgIpc) is 3.09. The highest BCUT2D eigenvalue weighted by Crippen LogP contribution is 2.58. The number of methoxy groups -OCH3 is 1. The van der Waals surface area contributed by atoms with E-state index in [0.717, 1.165) is 18.7 Å². The lowest BCUT2D eigenvalue weighted by atomic mass is 9.96. The van der Waals surface area contributed by atoms with Gasteiger partial charge in [0.25, 0.3) is 0 Å². The third kappa shape index (κ3) is 4.21. The van der Waals surface area contributed by atoms with Crippen LogP contribution in [-0.2, 0) is 4.74 Å². The van der Waals surface area contributed by atoms with Crippen molar-refractivity contribution in [3.05, 3.63) is 29.8 Å². The van der Waals surface area contributed by atoms with Gasteiger partial charge in [-0.3, -0.25) is 0 Å². The number of benzene rings is 1. The molecule has 0 radical (unpaired) electrons. The van der Waals surface area contributed by atoms with Crippen molar-refractivity contribution < 1.29 is 9.47 Å². The molecular formula is C18H29NO2. The van der Waals surface area contributed by atoms with Gasteiger partial charge in [0.15, 0.2) is 0 Å². The lowest BCUT2D eigenvalue weighted by Crippen LogP contribution is -2.26. The molecule has 3 heteroatoms. The predicted molar refractivity (Wildman–Crippen MR) is 86.7 cm³/mol. The summed E-state index contributed by atoms with van der Waals surface area (Å²) >= 11 is 0. The van der Waals surface area contributed by atoms with Gasteiger partial charge in [-0.1, -0.05) is 39.0 Å². The van der Waals surface area contributed by atoms with E-state index in [1.807, 2.05) is 6.07 Å². The molecule has 2 rings (SSSR count). The predicted octanol–water partition coefficient (Wildman–Crippen LogP) is 3.80. The topological polar surface area (TPSA) is 30.5 Å². The van der Waals surface area contributed by atoms with E-state index >= 15 is 0 Å². The lowest BCUT2D eigenvalue weighted by Gasteiger charge is -2.23. The van der Waals surface area contributed by atoms with Crippen LogP contribution in [0.15, 0.2) is 24.3 Å². The number of hydrogen-bond donors (Lipinski definition) is 1. The first-order chi connectivity index (χ1) is 10.1.